The van der Waals surface area contributed by atoms with Crippen molar-refractivity contribution in [1.29, 1.82) is 0 Å². The van der Waals surface area contributed by atoms with Crippen molar-refractivity contribution in [3.05, 3.63) is 59.0 Å². The molecular weight excluding hydrogens is 340 g/mol. The lowest BCUT2D eigenvalue weighted by atomic mass is 10.1. The Hall–Kier alpha value is -3.26. The average molecular weight is 354 g/mol. The van der Waals surface area contributed by atoms with Crippen molar-refractivity contribution in [3.63, 3.8) is 0 Å². The molecule has 0 aliphatic carbocycles. The van der Waals surface area contributed by atoms with E-state index in [1.807, 2.05) is 18.2 Å². The lowest BCUT2D eigenvalue weighted by Crippen LogP contribution is -2.13. The first kappa shape index (κ1) is 16.6. The normalized spacial score (nSPS) is 10.3. The summed E-state index contributed by atoms with van der Waals surface area (Å²) < 4.78 is 9.08. The SMILES string of the molecule is COc1cccc(-c2nnsc2C(=O)Nc2ccc(C(N)=O)cc2)c1. The second-order valence-corrected chi connectivity index (χ2v) is 5.83. The van der Waals surface area contributed by atoms with Gasteiger partial charge in [0.15, 0.2) is 0 Å². The Morgan fingerprint density at radius 2 is 1.92 bits per heavy atom. The zero-order valence-corrected chi connectivity index (χ0v) is 14.0. The fourth-order valence-corrected chi connectivity index (χ4v) is 2.79. The van der Waals surface area contributed by atoms with Crippen LogP contribution in [0.3, 0.4) is 0 Å². The van der Waals surface area contributed by atoms with Gasteiger partial charge in [-0.25, -0.2) is 0 Å². The maximum absolute atomic E-state index is 12.5. The fraction of sp³-hybridized carbons (Fsp3) is 0.0588. The van der Waals surface area contributed by atoms with E-state index in [-0.39, 0.29) is 5.91 Å². The number of carbonyl (C=O) groups excluding carboxylic acids is 2. The largest absolute Gasteiger partial charge is 0.497 e. The smallest absolute Gasteiger partial charge is 0.269 e. The molecule has 3 rings (SSSR count). The zero-order chi connectivity index (χ0) is 17.8. The van der Waals surface area contributed by atoms with Crippen LogP contribution in [0.2, 0.25) is 0 Å². The maximum atomic E-state index is 12.5. The van der Waals surface area contributed by atoms with Gasteiger partial charge in [-0.15, -0.1) is 5.10 Å². The molecule has 0 spiro atoms. The zero-order valence-electron chi connectivity index (χ0n) is 13.2. The lowest BCUT2D eigenvalue weighted by molar-refractivity contribution is 0.0998. The van der Waals surface area contributed by atoms with Crippen LogP contribution < -0.4 is 15.8 Å². The molecule has 8 heteroatoms. The van der Waals surface area contributed by atoms with Crippen molar-refractivity contribution in [1.82, 2.24) is 9.59 Å². The Morgan fingerprint density at radius 1 is 1.16 bits per heavy atom. The summed E-state index contributed by atoms with van der Waals surface area (Å²) in [4.78, 5) is 24.0. The Labute approximate surface area is 147 Å². The minimum Gasteiger partial charge on any atom is -0.497 e. The number of nitrogens with one attached hydrogen (secondary N) is 1. The van der Waals surface area contributed by atoms with Crippen LogP contribution in [0.4, 0.5) is 5.69 Å². The van der Waals surface area contributed by atoms with E-state index in [0.29, 0.717) is 27.6 Å². The number of anilines is 1. The van der Waals surface area contributed by atoms with E-state index >= 15 is 0 Å². The summed E-state index contributed by atoms with van der Waals surface area (Å²) in [6.45, 7) is 0. The third kappa shape index (κ3) is 3.64. The van der Waals surface area contributed by atoms with Gasteiger partial charge in [-0.1, -0.05) is 16.6 Å². The summed E-state index contributed by atoms with van der Waals surface area (Å²) in [6, 6.07) is 13.6. The average Bonchev–Trinajstić information content (AvgIpc) is 3.12. The number of ether oxygens (including phenoxy) is 1. The molecule has 2 aromatic carbocycles. The summed E-state index contributed by atoms with van der Waals surface area (Å²) in [5.41, 5.74) is 7.33. The molecule has 0 saturated carbocycles. The molecule has 7 nitrogen and oxygen atoms in total. The van der Waals surface area contributed by atoms with Gasteiger partial charge in [0.25, 0.3) is 5.91 Å². The Morgan fingerprint density at radius 3 is 2.60 bits per heavy atom. The van der Waals surface area contributed by atoms with Gasteiger partial charge in [-0.3, -0.25) is 9.59 Å². The number of hydrogen-bond donors (Lipinski definition) is 2. The van der Waals surface area contributed by atoms with E-state index in [4.69, 9.17) is 10.5 Å². The topological polar surface area (TPSA) is 107 Å². The highest BCUT2D eigenvalue weighted by Crippen LogP contribution is 2.27. The monoisotopic (exact) mass is 354 g/mol. The summed E-state index contributed by atoms with van der Waals surface area (Å²) in [7, 11) is 1.57. The molecule has 126 valence electrons. The van der Waals surface area contributed by atoms with Crippen LogP contribution in [0, 0.1) is 0 Å². The number of hydrogen-bond acceptors (Lipinski definition) is 6. The quantitative estimate of drug-likeness (QED) is 0.732. The van der Waals surface area contributed by atoms with Crippen molar-refractivity contribution in [2.75, 3.05) is 12.4 Å². The van der Waals surface area contributed by atoms with E-state index in [1.165, 1.54) is 0 Å². The molecule has 3 aromatic rings. The number of rotatable bonds is 5. The fourth-order valence-electron chi connectivity index (χ4n) is 2.20. The van der Waals surface area contributed by atoms with Crippen molar-refractivity contribution >= 4 is 29.0 Å². The first-order valence-corrected chi connectivity index (χ1v) is 8.04. The van der Waals surface area contributed by atoms with Gasteiger partial charge in [0.2, 0.25) is 5.91 Å². The van der Waals surface area contributed by atoms with Crippen molar-refractivity contribution < 1.29 is 14.3 Å². The Bertz CT molecular complexity index is 922. The molecule has 3 N–H and O–H groups in total. The third-order valence-corrected chi connectivity index (χ3v) is 4.19. The van der Waals surface area contributed by atoms with Gasteiger partial charge >= 0.3 is 0 Å². The molecule has 0 aliphatic heterocycles. The van der Waals surface area contributed by atoms with E-state index in [2.05, 4.69) is 14.9 Å². The lowest BCUT2D eigenvalue weighted by Gasteiger charge is -2.06. The maximum Gasteiger partial charge on any atom is 0.269 e. The van der Waals surface area contributed by atoms with Crippen molar-refractivity contribution in [2.24, 2.45) is 5.73 Å². The molecule has 0 aliphatic rings. The molecule has 0 bridgehead atoms. The van der Waals surface area contributed by atoms with Gasteiger partial charge in [0.05, 0.1) is 7.11 Å². The number of amides is 2. The van der Waals surface area contributed by atoms with E-state index in [9.17, 15) is 9.59 Å². The van der Waals surface area contributed by atoms with Gasteiger partial charge in [-0.2, -0.15) is 0 Å². The van der Waals surface area contributed by atoms with Gasteiger partial charge in [0.1, 0.15) is 16.3 Å². The highest BCUT2D eigenvalue weighted by molar-refractivity contribution is 7.08. The van der Waals surface area contributed by atoms with Crippen LogP contribution in [-0.2, 0) is 0 Å². The number of primary amides is 1. The second-order valence-electron chi connectivity index (χ2n) is 5.08. The molecule has 1 aromatic heterocycles. The highest BCUT2D eigenvalue weighted by atomic mass is 32.1. The number of nitrogens with two attached hydrogens (primary N) is 1. The molecule has 0 saturated heterocycles. The second kappa shape index (κ2) is 7.10. The summed E-state index contributed by atoms with van der Waals surface area (Å²) in [5, 5.41) is 6.81. The van der Waals surface area contributed by atoms with Gasteiger partial charge in [0, 0.05) is 16.8 Å². The molecule has 0 unspecified atom stereocenters. The van der Waals surface area contributed by atoms with Crippen LogP contribution >= 0.6 is 11.5 Å². The highest BCUT2D eigenvalue weighted by Gasteiger charge is 2.18. The Kier molecular flexibility index (Phi) is 4.71. The number of methoxy groups -OCH3 is 1. The first-order chi connectivity index (χ1) is 12.1. The van der Waals surface area contributed by atoms with E-state index in [0.717, 1.165) is 17.1 Å². The number of benzene rings is 2. The standard InChI is InChI=1S/C17H14N4O3S/c1-24-13-4-2-3-11(9-13)14-15(25-21-20-14)17(23)19-12-7-5-10(6-8-12)16(18)22/h2-9H,1H3,(H2,18,22)(H,19,23). The molecule has 0 radical (unpaired) electrons. The predicted molar refractivity (Wildman–Crippen MR) is 94.8 cm³/mol. The minimum absolute atomic E-state index is 0.334. The van der Waals surface area contributed by atoms with Crippen LogP contribution in [0.1, 0.15) is 20.0 Å². The predicted octanol–water partition coefficient (Wildman–Crippen LogP) is 2.56. The third-order valence-electron chi connectivity index (χ3n) is 3.46. The number of nitrogens with zero attached hydrogens (tertiary/aromatic N) is 2. The van der Waals surface area contributed by atoms with Gasteiger partial charge in [-0.05, 0) is 47.9 Å². The van der Waals surface area contributed by atoms with Crippen LogP contribution in [0.15, 0.2) is 48.5 Å². The molecular formula is C17H14N4O3S. The minimum atomic E-state index is -0.523. The van der Waals surface area contributed by atoms with E-state index in [1.54, 1.807) is 37.4 Å². The van der Waals surface area contributed by atoms with E-state index < -0.39 is 5.91 Å². The van der Waals surface area contributed by atoms with Crippen LogP contribution in [0.5, 0.6) is 5.75 Å². The van der Waals surface area contributed by atoms with Crippen LogP contribution in [-0.4, -0.2) is 28.5 Å². The molecule has 0 atom stereocenters. The molecule has 0 fully saturated rings. The number of carbonyl (C=O) groups is 2. The summed E-state index contributed by atoms with van der Waals surface area (Å²) in [6.07, 6.45) is 0. The molecule has 2 amide bonds. The Balaban J connectivity index is 1.84. The summed E-state index contributed by atoms with van der Waals surface area (Å²) in [5.74, 6) is -0.191. The van der Waals surface area contributed by atoms with Crippen LogP contribution in [0.25, 0.3) is 11.3 Å². The van der Waals surface area contributed by atoms with Crippen molar-refractivity contribution in [3.8, 4) is 17.0 Å². The number of aromatic nitrogens is 2. The van der Waals surface area contributed by atoms with Crippen molar-refractivity contribution in [2.45, 2.75) is 0 Å². The summed E-state index contributed by atoms with van der Waals surface area (Å²) >= 11 is 1.01. The molecule has 1 heterocycles. The van der Waals surface area contributed by atoms with Gasteiger partial charge < -0.3 is 15.8 Å². The first-order valence-electron chi connectivity index (χ1n) is 7.26. The molecule has 25 heavy (non-hydrogen) atoms.